The summed E-state index contributed by atoms with van der Waals surface area (Å²) in [5.41, 5.74) is -2.11. The molecule has 0 amide bonds. The topological polar surface area (TPSA) is 71.0 Å². The zero-order chi connectivity index (χ0) is 19.9. The third-order valence-electron chi connectivity index (χ3n) is 3.45. The molecule has 0 radical (unpaired) electrons. The van der Waals surface area contributed by atoms with Gasteiger partial charge in [0.2, 0.25) is 0 Å². The molecule has 0 aliphatic rings. The Hall–Kier alpha value is -2.39. The average Bonchev–Trinajstić information content (AvgIpc) is 2.64. The maximum absolute atomic E-state index is 13.2. The molecule has 0 aliphatic heterocycles. The second-order valence-electron chi connectivity index (χ2n) is 5.44. The van der Waals surface area contributed by atoms with E-state index < -0.39 is 28.4 Å². The zero-order valence-electron chi connectivity index (χ0n) is 14.3. The van der Waals surface area contributed by atoms with Gasteiger partial charge in [-0.15, -0.1) is 0 Å². The lowest BCUT2D eigenvalue weighted by molar-refractivity contribution is -0.0620. The second kappa shape index (κ2) is 9.52. The van der Waals surface area contributed by atoms with Crippen LogP contribution >= 0.6 is 0 Å². The summed E-state index contributed by atoms with van der Waals surface area (Å²) >= 11 is -2.69. The van der Waals surface area contributed by atoms with Crippen molar-refractivity contribution in [1.82, 2.24) is 0 Å². The number of rotatable bonds is 8. The van der Waals surface area contributed by atoms with Crippen molar-refractivity contribution in [2.45, 2.75) is 31.6 Å². The fourth-order valence-electron chi connectivity index (χ4n) is 2.08. The van der Waals surface area contributed by atoms with Crippen molar-refractivity contribution in [2.75, 3.05) is 0 Å². The molecule has 0 aromatic heterocycles. The van der Waals surface area contributed by atoms with E-state index in [9.17, 15) is 21.9 Å². The summed E-state index contributed by atoms with van der Waals surface area (Å²) in [6.45, 7) is 1.74. The third-order valence-corrected chi connectivity index (χ3v) is 4.30. The van der Waals surface area contributed by atoms with E-state index in [1.54, 1.807) is 0 Å². The molecule has 5 nitrogen and oxygen atoms in total. The lowest BCUT2D eigenvalue weighted by Gasteiger charge is -2.17. The molecule has 2 aromatic carbocycles. The van der Waals surface area contributed by atoms with Crippen LogP contribution < -0.4 is 4.74 Å². The molecule has 2 atom stereocenters. The molecule has 146 valence electrons. The van der Waals surface area contributed by atoms with E-state index in [4.69, 9.17) is 4.74 Å². The van der Waals surface area contributed by atoms with Crippen LogP contribution in [-0.2, 0) is 22.5 Å². The highest BCUT2D eigenvalue weighted by Gasteiger charge is 2.38. The van der Waals surface area contributed by atoms with Gasteiger partial charge in [-0.3, -0.25) is 4.21 Å². The number of hydrogen-bond acceptors (Lipinski definition) is 5. The predicted molar refractivity (Wildman–Crippen MR) is 93.9 cm³/mol. The van der Waals surface area contributed by atoms with Crippen molar-refractivity contribution in [3.63, 3.8) is 0 Å². The van der Waals surface area contributed by atoms with Crippen molar-refractivity contribution in [3.8, 4) is 5.75 Å². The second-order valence-corrected chi connectivity index (χ2v) is 6.49. The maximum Gasteiger partial charge on any atom is 0.437 e. The summed E-state index contributed by atoms with van der Waals surface area (Å²) in [5.74, 6) is 0.386. The van der Waals surface area contributed by atoms with Gasteiger partial charge in [0.15, 0.2) is 11.1 Å². The van der Waals surface area contributed by atoms with E-state index in [0.717, 1.165) is 5.56 Å². The average molecular weight is 400 g/mol. The van der Waals surface area contributed by atoms with Gasteiger partial charge in [0.1, 0.15) is 12.4 Å². The highest BCUT2D eigenvalue weighted by atomic mass is 32.2. The molecular weight excluding hydrogens is 383 g/mol. The molecule has 0 saturated heterocycles. The normalized spacial score (nSPS) is 14.5. The number of ether oxygens (including phenoxy) is 1. The quantitative estimate of drug-likeness (QED) is 0.379. The zero-order valence-corrected chi connectivity index (χ0v) is 15.1. The molecule has 0 saturated carbocycles. The maximum atomic E-state index is 13.2. The number of hydrogen-bond donors (Lipinski definition) is 0. The Morgan fingerprint density at radius 3 is 2.30 bits per heavy atom. The number of nitrogens with zero attached hydrogens (tertiary/aromatic N) is 1. The van der Waals surface area contributed by atoms with Gasteiger partial charge in [0, 0.05) is 5.56 Å². The van der Waals surface area contributed by atoms with Crippen LogP contribution in [0.4, 0.5) is 13.2 Å². The fraction of sp³-hybridized carbons (Fsp3) is 0.278. The fourth-order valence-corrected chi connectivity index (χ4v) is 2.46. The lowest BCUT2D eigenvalue weighted by Crippen LogP contribution is -2.26. The van der Waals surface area contributed by atoms with Crippen molar-refractivity contribution in [2.24, 2.45) is 5.16 Å². The molecule has 2 rings (SSSR count). The van der Waals surface area contributed by atoms with Crippen LogP contribution in [0.15, 0.2) is 59.8 Å². The van der Waals surface area contributed by atoms with Crippen LogP contribution in [0.1, 0.15) is 24.5 Å². The Bertz CT molecular complexity index is 779. The minimum atomic E-state index is -4.81. The van der Waals surface area contributed by atoms with Crippen molar-refractivity contribution in [3.05, 3.63) is 65.7 Å². The first-order valence-electron chi connectivity index (χ1n) is 7.97. The first-order valence-corrected chi connectivity index (χ1v) is 9.11. The highest BCUT2D eigenvalue weighted by molar-refractivity contribution is 7.79. The SMILES string of the molecule is CCC(ON=C(c1ccc(OCc2ccccc2)cc1)C(F)(F)F)S(=O)[O-]. The molecular formula is C18H17F3NO4S-. The van der Waals surface area contributed by atoms with Gasteiger partial charge in [-0.1, -0.05) is 42.4 Å². The van der Waals surface area contributed by atoms with E-state index in [2.05, 4.69) is 9.99 Å². The van der Waals surface area contributed by atoms with Crippen LogP contribution in [0, 0.1) is 0 Å². The summed E-state index contributed by atoms with van der Waals surface area (Å²) < 4.78 is 67.0. The minimum Gasteiger partial charge on any atom is -0.769 e. The monoisotopic (exact) mass is 400 g/mol. The standard InChI is InChI=1S/C18H18F3NO4S/c1-2-16(27(23)24)26-22-17(18(19,20)21)14-8-10-15(11-9-14)25-12-13-6-4-3-5-7-13/h3-11,16H,2,12H2,1H3,(H,23,24)/p-1. The smallest absolute Gasteiger partial charge is 0.437 e. The van der Waals surface area contributed by atoms with E-state index in [0.29, 0.717) is 5.75 Å². The number of oxime groups is 1. The van der Waals surface area contributed by atoms with E-state index >= 15 is 0 Å². The summed E-state index contributed by atoms with van der Waals surface area (Å²) in [7, 11) is 0. The van der Waals surface area contributed by atoms with Gasteiger partial charge in [0.25, 0.3) is 0 Å². The molecule has 27 heavy (non-hydrogen) atoms. The molecule has 0 bridgehead atoms. The summed E-state index contributed by atoms with van der Waals surface area (Å²) in [4.78, 5) is 4.56. The molecule has 2 aromatic rings. The lowest BCUT2D eigenvalue weighted by atomic mass is 10.1. The van der Waals surface area contributed by atoms with Gasteiger partial charge >= 0.3 is 6.18 Å². The Labute approximate surface area is 157 Å². The van der Waals surface area contributed by atoms with E-state index in [-0.39, 0.29) is 18.6 Å². The summed E-state index contributed by atoms with van der Waals surface area (Å²) in [6, 6.07) is 14.4. The van der Waals surface area contributed by atoms with Crippen molar-refractivity contribution < 1.29 is 31.5 Å². The van der Waals surface area contributed by atoms with Gasteiger partial charge < -0.3 is 14.1 Å². The largest absolute Gasteiger partial charge is 0.769 e. The minimum absolute atomic E-state index is 0.0307. The van der Waals surface area contributed by atoms with Crippen molar-refractivity contribution >= 4 is 16.8 Å². The summed E-state index contributed by atoms with van der Waals surface area (Å²) in [6.07, 6.45) is -4.84. The molecule has 0 heterocycles. The first kappa shape index (κ1) is 20.9. The number of halogens is 3. The van der Waals surface area contributed by atoms with Gasteiger partial charge in [-0.25, -0.2) is 0 Å². The molecule has 0 spiro atoms. The summed E-state index contributed by atoms with van der Waals surface area (Å²) in [5, 5.41) is 3.04. The van der Waals surface area contributed by atoms with Crippen LogP contribution in [0.2, 0.25) is 0 Å². The Kier molecular flexibility index (Phi) is 7.37. The van der Waals surface area contributed by atoms with Crippen LogP contribution in [0.3, 0.4) is 0 Å². The molecule has 0 N–H and O–H groups in total. The third kappa shape index (κ3) is 6.37. The molecule has 0 fully saturated rings. The van der Waals surface area contributed by atoms with Crippen molar-refractivity contribution in [1.29, 1.82) is 0 Å². The van der Waals surface area contributed by atoms with Crippen LogP contribution in [0.5, 0.6) is 5.75 Å². The predicted octanol–water partition coefficient (Wildman–Crippen LogP) is 4.16. The van der Waals surface area contributed by atoms with Gasteiger partial charge in [-0.2, -0.15) is 13.2 Å². The molecule has 0 aliphatic carbocycles. The van der Waals surface area contributed by atoms with Gasteiger partial charge in [-0.05, 0) is 47.3 Å². The Balaban J connectivity index is 2.13. The number of alkyl halides is 3. The Morgan fingerprint density at radius 1 is 1.15 bits per heavy atom. The first-order chi connectivity index (χ1) is 12.8. The van der Waals surface area contributed by atoms with E-state index in [1.807, 2.05) is 30.3 Å². The highest BCUT2D eigenvalue weighted by Crippen LogP contribution is 2.25. The van der Waals surface area contributed by atoms with Crippen LogP contribution in [-0.4, -0.2) is 26.1 Å². The van der Waals surface area contributed by atoms with Crippen LogP contribution in [0.25, 0.3) is 0 Å². The Morgan fingerprint density at radius 2 is 1.78 bits per heavy atom. The van der Waals surface area contributed by atoms with Gasteiger partial charge in [0.05, 0.1) is 0 Å². The number of benzene rings is 2. The molecule has 9 heteroatoms. The van der Waals surface area contributed by atoms with E-state index in [1.165, 1.54) is 31.2 Å². The molecule has 2 unspecified atom stereocenters.